The number of aromatic nitrogens is 2. The first-order chi connectivity index (χ1) is 8.61. The predicted molar refractivity (Wildman–Crippen MR) is 66.4 cm³/mol. The summed E-state index contributed by atoms with van der Waals surface area (Å²) in [5.41, 5.74) is 0.727. The van der Waals surface area contributed by atoms with E-state index >= 15 is 0 Å². The van der Waals surface area contributed by atoms with E-state index in [1.165, 1.54) is 24.4 Å². The second-order valence-electron chi connectivity index (χ2n) is 3.28. The lowest BCUT2D eigenvalue weighted by Crippen LogP contribution is -1.98. The summed E-state index contributed by atoms with van der Waals surface area (Å²) in [7, 11) is 0. The van der Waals surface area contributed by atoms with Crippen molar-refractivity contribution in [3.63, 3.8) is 0 Å². The molecular weight excluding hydrogens is 278 g/mol. The number of nitriles is 1. The summed E-state index contributed by atoms with van der Waals surface area (Å²) >= 11 is 11.3. The zero-order valence-electron chi connectivity index (χ0n) is 8.78. The van der Waals surface area contributed by atoms with Gasteiger partial charge in [0.05, 0.1) is 21.8 Å². The zero-order valence-corrected chi connectivity index (χ0v) is 10.3. The molecule has 90 valence electrons. The minimum atomic E-state index is -0.691. The summed E-state index contributed by atoms with van der Waals surface area (Å²) < 4.78 is 13.2. The molecule has 1 heterocycles. The molecule has 2 aromatic rings. The van der Waals surface area contributed by atoms with Crippen molar-refractivity contribution in [2.45, 2.75) is 0 Å². The molecule has 0 radical (unpaired) electrons. The summed E-state index contributed by atoms with van der Waals surface area (Å²) in [6.07, 6.45) is 1.40. The SMILES string of the molecule is N#Cc1ccnnc1Nc1cc(Cl)c(F)c(Cl)c1. The second-order valence-corrected chi connectivity index (χ2v) is 4.10. The Hall–Kier alpha value is -1.90. The molecule has 1 aromatic carbocycles. The van der Waals surface area contributed by atoms with Gasteiger partial charge >= 0.3 is 0 Å². The van der Waals surface area contributed by atoms with Crippen molar-refractivity contribution < 1.29 is 4.39 Å². The van der Waals surface area contributed by atoms with E-state index < -0.39 is 5.82 Å². The third-order valence-electron chi connectivity index (χ3n) is 2.09. The molecule has 2 rings (SSSR count). The van der Waals surface area contributed by atoms with E-state index in [1.54, 1.807) is 0 Å². The molecule has 0 unspecified atom stereocenters. The molecular formula is C11H5Cl2FN4. The van der Waals surface area contributed by atoms with Crippen LogP contribution in [0.5, 0.6) is 0 Å². The number of hydrogen-bond acceptors (Lipinski definition) is 4. The van der Waals surface area contributed by atoms with Crippen molar-refractivity contribution in [1.29, 1.82) is 5.26 Å². The van der Waals surface area contributed by atoms with E-state index in [9.17, 15) is 4.39 Å². The number of rotatable bonds is 2. The standard InChI is InChI=1S/C11H5Cl2FN4/c12-8-3-7(4-9(13)10(8)14)17-11-6(5-15)1-2-16-18-11/h1-4H,(H,17,18). The van der Waals surface area contributed by atoms with Crippen LogP contribution in [0.2, 0.25) is 10.0 Å². The van der Waals surface area contributed by atoms with Gasteiger partial charge in [-0.15, -0.1) is 5.10 Å². The number of nitrogens with one attached hydrogen (secondary N) is 1. The average Bonchev–Trinajstić information content (AvgIpc) is 2.36. The van der Waals surface area contributed by atoms with Gasteiger partial charge in [-0.25, -0.2) is 4.39 Å². The molecule has 4 nitrogen and oxygen atoms in total. The summed E-state index contributed by atoms with van der Waals surface area (Å²) in [6.45, 7) is 0. The maximum Gasteiger partial charge on any atom is 0.171 e. The normalized spacial score (nSPS) is 9.89. The van der Waals surface area contributed by atoms with Crippen molar-refractivity contribution in [2.75, 3.05) is 5.32 Å². The molecule has 0 saturated heterocycles. The van der Waals surface area contributed by atoms with E-state index in [1.807, 2.05) is 6.07 Å². The molecule has 0 aliphatic carbocycles. The lowest BCUT2D eigenvalue weighted by atomic mass is 10.2. The summed E-state index contributed by atoms with van der Waals surface area (Å²) in [5.74, 6) is -0.442. The van der Waals surface area contributed by atoms with Gasteiger partial charge in [0.25, 0.3) is 0 Å². The third kappa shape index (κ3) is 2.50. The highest BCUT2D eigenvalue weighted by Gasteiger charge is 2.09. The van der Waals surface area contributed by atoms with Crippen molar-refractivity contribution in [3.8, 4) is 6.07 Å². The Morgan fingerprint density at radius 3 is 2.56 bits per heavy atom. The van der Waals surface area contributed by atoms with Gasteiger partial charge in [0, 0.05) is 5.69 Å². The van der Waals surface area contributed by atoms with E-state index in [0.29, 0.717) is 11.3 Å². The molecule has 0 atom stereocenters. The topological polar surface area (TPSA) is 61.6 Å². The van der Waals surface area contributed by atoms with Gasteiger partial charge < -0.3 is 5.32 Å². The molecule has 18 heavy (non-hydrogen) atoms. The summed E-state index contributed by atoms with van der Waals surface area (Å²) in [5, 5.41) is 18.9. The fraction of sp³-hybridized carbons (Fsp3) is 0. The number of nitrogens with zero attached hydrogens (tertiary/aromatic N) is 3. The molecule has 0 bridgehead atoms. The largest absolute Gasteiger partial charge is 0.338 e. The van der Waals surface area contributed by atoms with Gasteiger partial charge in [-0.1, -0.05) is 23.2 Å². The number of benzene rings is 1. The van der Waals surface area contributed by atoms with Gasteiger partial charge in [-0.2, -0.15) is 10.4 Å². The van der Waals surface area contributed by atoms with Gasteiger partial charge in [0.1, 0.15) is 6.07 Å². The molecule has 0 aliphatic rings. The van der Waals surface area contributed by atoms with Crippen molar-refractivity contribution >= 4 is 34.7 Å². The first kappa shape index (κ1) is 12.6. The summed E-state index contributed by atoms with van der Waals surface area (Å²) in [6, 6.07) is 6.15. The molecule has 1 N–H and O–H groups in total. The number of anilines is 2. The van der Waals surface area contributed by atoms with E-state index in [-0.39, 0.29) is 15.9 Å². The summed E-state index contributed by atoms with van der Waals surface area (Å²) in [4.78, 5) is 0. The minimum Gasteiger partial charge on any atom is -0.338 e. The smallest absolute Gasteiger partial charge is 0.171 e. The highest BCUT2D eigenvalue weighted by atomic mass is 35.5. The Balaban J connectivity index is 2.38. The number of halogens is 3. The Labute approximate surface area is 112 Å². The van der Waals surface area contributed by atoms with Crippen molar-refractivity contribution in [2.24, 2.45) is 0 Å². The van der Waals surface area contributed by atoms with Gasteiger partial charge in [-0.05, 0) is 18.2 Å². The highest BCUT2D eigenvalue weighted by Crippen LogP contribution is 2.29. The zero-order chi connectivity index (χ0) is 13.1. The Bertz CT molecular complexity index is 616. The molecule has 0 fully saturated rings. The lowest BCUT2D eigenvalue weighted by Gasteiger charge is -2.07. The Morgan fingerprint density at radius 2 is 1.94 bits per heavy atom. The van der Waals surface area contributed by atoms with Crippen LogP contribution >= 0.6 is 23.2 Å². The molecule has 0 aliphatic heterocycles. The molecule has 7 heteroatoms. The first-order valence-electron chi connectivity index (χ1n) is 4.75. The van der Waals surface area contributed by atoms with Crippen LogP contribution in [0, 0.1) is 17.1 Å². The monoisotopic (exact) mass is 282 g/mol. The Morgan fingerprint density at radius 1 is 1.28 bits per heavy atom. The van der Waals surface area contributed by atoms with Gasteiger partial charge in [0.2, 0.25) is 0 Å². The van der Waals surface area contributed by atoms with Crippen LogP contribution in [0.15, 0.2) is 24.4 Å². The fourth-order valence-corrected chi connectivity index (χ4v) is 1.77. The van der Waals surface area contributed by atoms with Crippen LogP contribution in [0.3, 0.4) is 0 Å². The average molecular weight is 283 g/mol. The van der Waals surface area contributed by atoms with Crippen LogP contribution in [-0.2, 0) is 0 Å². The van der Waals surface area contributed by atoms with E-state index in [0.717, 1.165) is 0 Å². The van der Waals surface area contributed by atoms with Crippen LogP contribution < -0.4 is 5.32 Å². The number of hydrogen-bond donors (Lipinski definition) is 1. The molecule has 0 amide bonds. The molecule has 0 spiro atoms. The highest BCUT2D eigenvalue weighted by molar-refractivity contribution is 6.35. The maximum atomic E-state index is 13.2. The van der Waals surface area contributed by atoms with Gasteiger partial charge in [-0.3, -0.25) is 0 Å². The lowest BCUT2D eigenvalue weighted by molar-refractivity contribution is 0.629. The van der Waals surface area contributed by atoms with Crippen LogP contribution in [0.4, 0.5) is 15.9 Å². The van der Waals surface area contributed by atoms with Crippen LogP contribution in [0.25, 0.3) is 0 Å². The minimum absolute atomic E-state index is 0.118. The van der Waals surface area contributed by atoms with Crippen LogP contribution in [0.1, 0.15) is 5.56 Å². The quantitative estimate of drug-likeness (QED) is 0.856. The van der Waals surface area contributed by atoms with Gasteiger partial charge in [0.15, 0.2) is 11.6 Å². The Kier molecular flexibility index (Phi) is 3.60. The first-order valence-corrected chi connectivity index (χ1v) is 5.50. The van der Waals surface area contributed by atoms with Crippen molar-refractivity contribution in [3.05, 3.63) is 45.8 Å². The van der Waals surface area contributed by atoms with E-state index in [2.05, 4.69) is 15.5 Å². The predicted octanol–water partition coefficient (Wildman–Crippen LogP) is 3.54. The second kappa shape index (κ2) is 5.17. The fourth-order valence-electron chi connectivity index (χ4n) is 1.28. The molecule has 0 saturated carbocycles. The molecule has 1 aromatic heterocycles. The van der Waals surface area contributed by atoms with Crippen molar-refractivity contribution in [1.82, 2.24) is 10.2 Å². The van der Waals surface area contributed by atoms with E-state index in [4.69, 9.17) is 28.5 Å². The maximum absolute atomic E-state index is 13.2. The van der Waals surface area contributed by atoms with Crippen LogP contribution in [-0.4, -0.2) is 10.2 Å². The third-order valence-corrected chi connectivity index (χ3v) is 2.64.